The van der Waals surface area contributed by atoms with Crippen molar-refractivity contribution in [2.75, 3.05) is 0 Å². The summed E-state index contributed by atoms with van der Waals surface area (Å²) in [7, 11) is 0. The van der Waals surface area contributed by atoms with Gasteiger partial charge in [0.15, 0.2) is 0 Å². The van der Waals surface area contributed by atoms with E-state index >= 15 is 0 Å². The van der Waals surface area contributed by atoms with Gasteiger partial charge >= 0.3 is 125 Å². The standard InChI is InChI=1S/C8H4S2.5CH3.2Sn/c1-3-7(9-5-1)8-4-2-6-10-8;;;;;;;/h1-4H;5*1H3;;. The predicted molar refractivity (Wildman–Crippen MR) is 87.7 cm³/mol. The Labute approximate surface area is 124 Å². The third-order valence-corrected chi connectivity index (χ3v) is 21.3. The van der Waals surface area contributed by atoms with Crippen LogP contribution in [0.1, 0.15) is 0 Å². The van der Waals surface area contributed by atoms with Crippen LogP contribution in [0.3, 0.4) is 0 Å². The summed E-state index contributed by atoms with van der Waals surface area (Å²) >= 11 is 1.09. The van der Waals surface area contributed by atoms with E-state index < -0.39 is 38.1 Å². The molecule has 2 aromatic rings. The molecule has 0 saturated carbocycles. The molecule has 0 atom stereocenters. The van der Waals surface area contributed by atoms with Gasteiger partial charge in [-0.1, -0.05) is 0 Å². The van der Waals surface area contributed by atoms with Gasteiger partial charge in [0.2, 0.25) is 0 Å². The van der Waals surface area contributed by atoms with Gasteiger partial charge in [-0.25, -0.2) is 0 Å². The first-order chi connectivity index (χ1) is 7.88. The molecule has 0 aliphatic rings. The van der Waals surface area contributed by atoms with Crippen LogP contribution in [0.5, 0.6) is 0 Å². The molecule has 0 aliphatic heterocycles. The molecule has 0 nitrogen and oxygen atoms in total. The fourth-order valence-electron chi connectivity index (χ4n) is 1.61. The number of rotatable bonds is 3. The van der Waals surface area contributed by atoms with Crippen LogP contribution in [0.25, 0.3) is 9.75 Å². The Morgan fingerprint density at radius 2 is 1.47 bits per heavy atom. The SMILES string of the molecule is [CH3][Sn]([CH3])[c]1ccc(-c2cc[c]([Sn]([CH3])([CH3])[CH3])s2)s1. The van der Waals surface area contributed by atoms with Crippen molar-refractivity contribution in [1.82, 2.24) is 0 Å². The molecule has 91 valence electrons. The fraction of sp³-hybridized carbons (Fsp3) is 0.385. The molecule has 17 heavy (non-hydrogen) atoms. The zero-order valence-electron chi connectivity index (χ0n) is 11.1. The molecule has 0 bridgehead atoms. The van der Waals surface area contributed by atoms with E-state index in [4.69, 9.17) is 0 Å². The van der Waals surface area contributed by atoms with Gasteiger partial charge in [-0.2, -0.15) is 0 Å². The van der Waals surface area contributed by atoms with E-state index in [0.29, 0.717) is 0 Å². The Bertz CT molecular complexity index is 503. The molecule has 2 rings (SSSR count). The molecule has 0 amide bonds. The van der Waals surface area contributed by atoms with Crippen molar-refractivity contribution in [3.63, 3.8) is 0 Å². The summed E-state index contributed by atoms with van der Waals surface area (Å²) in [6.07, 6.45) is 0. The zero-order chi connectivity index (χ0) is 12.6. The van der Waals surface area contributed by atoms with Crippen molar-refractivity contribution in [2.24, 2.45) is 0 Å². The summed E-state index contributed by atoms with van der Waals surface area (Å²) in [5, 5.41) is 0. The Hall–Kier alpha value is 0.997. The second-order valence-corrected chi connectivity index (χ2v) is 31.4. The summed E-state index contributed by atoms with van der Waals surface area (Å²) < 4.78 is 3.38. The van der Waals surface area contributed by atoms with E-state index in [9.17, 15) is 0 Å². The van der Waals surface area contributed by atoms with Crippen LogP contribution in [0.2, 0.25) is 24.7 Å². The van der Waals surface area contributed by atoms with Crippen molar-refractivity contribution in [3.05, 3.63) is 24.3 Å². The molecular weight excluding hydrogens is 458 g/mol. The minimum atomic E-state index is -1.84. The maximum atomic E-state index is 2.49. The Balaban J connectivity index is 2.31. The average Bonchev–Trinajstić information content (AvgIpc) is 2.85. The number of hydrogen-bond donors (Lipinski definition) is 0. The molecule has 1 radical (unpaired) electrons. The molecule has 0 N–H and O–H groups in total. The van der Waals surface area contributed by atoms with Crippen LogP contribution in [0.15, 0.2) is 24.3 Å². The normalized spacial score (nSPS) is 12.4. The van der Waals surface area contributed by atoms with Crippen LogP contribution >= 0.6 is 22.7 Å². The molecule has 0 aromatic carbocycles. The van der Waals surface area contributed by atoms with Gasteiger partial charge in [0.05, 0.1) is 0 Å². The number of thiophene rings is 2. The van der Waals surface area contributed by atoms with E-state index in [-0.39, 0.29) is 0 Å². The number of hydrogen-bond acceptors (Lipinski definition) is 2. The molecule has 2 aromatic heterocycles. The second kappa shape index (κ2) is 5.55. The Morgan fingerprint density at radius 3 is 1.94 bits per heavy atom. The molecule has 0 aliphatic carbocycles. The molecule has 0 fully saturated rings. The van der Waals surface area contributed by atoms with Crippen LogP contribution in [-0.2, 0) is 0 Å². The van der Waals surface area contributed by atoms with Crippen LogP contribution in [0.4, 0.5) is 0 Å². The van der Waals surface area contributed by atoms with Gasteiger partial charge in [0.25, 0.3) is 0 Å². The summed E-state index contributed by atoms with van der Waals surface area (Å²) in [6.45, 7) is 0. The van der Waals surface area contributed by atoms with Crippen molar-refractivity contribution >= 4 is 66.6 Å². The molecule has 0 unspecified atom stereocenters. The fourth-order valence-corrected chi connectivity index (χ4v) is 12.8. The Kier molecular flexibility index (Phi) is 4.70. The summed E-state index contributed by atoms with van der Waals surface area (Å²) in [6, 6.07) is 9.43. The molecule has 2 heterocycles. The van der Waals surface area contributed by atoms with Crippen LogP contribution < -0.4 is 5.79 Å². The second-order valence-electron chi connectivity index (χ2n) is 5.58. The van der Waals surface area contributed by atoms with E-state index in [0.717, 1.165) is 0 Å². The van der Waals surface area contributed by atoms with Crippen molar-refractivity contribution in [2.45, 2.75) is 24.7 Å². The predicted octanol–water partition coefficient (Wildman–Crippen LogP) is 3.98. The monoisotopic (exact) mass is 479 g/mol. The zero-order valence-corrected chi connectivity index (χ0v) is 18.5. The molecule has 0 spiro atoms. The maximum absolute atomic E-state index is 2.49. The van der Waals surface area contributed by atoms with Crippen molar-refractivity contribution in [3.8, 4) is 9.75 Å². The van der Waals surface area contributed by atoms with Gasteiger partial charge in [0, 0.05) is 0 Å². The summed E-state index contributed by atoms with van der Waals surface area (Å²) in [5.41, 5.74) is 0. The van der Waals surface area contributed by atoms with E-state index in [2.05, 4.69) is 49.0 Å². The van der Waals surface area contributed by atoms with Crippen molar-refractivity contribution in [1.29, 1.82) is 0 Å². The third-order valence-electron chi connectivity index (χ3n) is 2.69. The topological polar surface area (TPSA) is 0 Å². The van der Waals surface area contributed by atoms with E-state index in [1.54, 1.807) is 5.79 Å². The first-order valence-electron chi connectivity index (χ1n) is 5.89. The van der Waals surface area contributed by atoms with E-state index in [1.165, 1.54) is 9.75 Å². The molecular formula is C13H19S2Sn2. The minimum absolute atomic E-state index is 1.15. The van der Waals surface area contributed by atoms with Gasteiger partial charge in [-0.15, -0.1) is 0 Å². The summed E-state index contributed by atoms with van der Waals surface area (Å²) in [5.74, 6) is 0. The van der Waals surface area contributed by atoms with Gasteiger partial charge < -0.3 is 0 Å². The molecule has 4 heteroatoms. The first-order valence-corrected chi connectivity index (χ1v) is 24.6. The van der Waals surface area contributed by atoms with Gasteiger partial charge in [0.1, 0.15) is 0 Å². The van der Waals surface area contributed by atoms with Crippen LogP contribution in [-0.4, -0.2) is 38.1 Å². The quantitative estimate of drug-likeness (QED) is 0.588. The molecule has 0 saturated heterocycles. The van der Waals surface area contributed by atoms with Gasteiger partial charge in [-0.05, 0) is 0 Å². The third kappa shape index (κ3) is 3.51. The van der Waals surface area contributed by atoms with E-state index in [1.807, 2.05) is 22.7 Å². The first kappa shape index (κ1) is 14.4. The van der Waals surface area contributed by atoms with Crippen LogP contribution in [0, 0.1) is 0 Å². The van der Waals surface area contributed by atoms with Crippen molar-refractivity contribution < 1.29 is 0 Å². The Morgan fingerprint density at radius 1 is 0.882 bits per heavy atom. The van der Waals surface area contributed by atoms with Gasteiger partial charge in [-0.3, -0.25) is 0 Å². The average molecular weight is 477 g/mol. The summed E-state index contributed by atoms with van der Waals surface area (Å²) in [4.78, 5) is 15.4.